The molecule has 1 N–H and O–H groups in total. The zero-order chi connectivity index (χ0) is 13.8. The van der Waals surface area contributed by atoms with Gasteiger partial charge in [0.15, 0.2) is 5.69 Å². The number of carbonyl (C=O) groups is 1. The summed E-state index contributed by atoms with van der Waals surface area (Å²) < 4.78 is 0. The van der Waals surface area contributed by atoms with Crippen molar-refractivity contribution in [2.75, 3.05) is 0 Å². The number of nitrogens with one attached hydrogen (secondary N) is 1. The average molecular weight is 263 g/mol. The lowest BCUT2D eigenvalue weighted by Crippen LogP contribution is -2.23. The Morgan fingerprint density at radius 3 is 2.40 bits per heavy atom. The zero-order valence-corrected chi connectivity index (χ0v) is 10.8. The Morgan fingerprint density at radius 2 is 1.60 bits per heavy atom. The summed E-state index contributed by atoms with van der Waals surface area (Å²) in [4.78, 5) is 12.2. The maximum atomic E-state index is 12.2. The van der Waals surface area contributed by atoms with E-state index in [0.29, 0.717) is 12.2 Å². The van der Waals surface area contributed by atoms with E-state index < -0.39 is 0 Å². The van der Waals surface area contributed by atoms with E-state index in [-0.39, 0.29) is 5.91 Å². The van der Waals surface area contributed by atoms with E-state index in [1.54, 1.807) is 0 Å². The van der Waals surface area contributed by atoms with Crippen molar-refractivity contribution in [2.24, 2.45) is 0 Å². The molecule has 1 heterocycles. The van der Waals surface area contributed by atoms with Gasteiger partial charge in [-0.3, -0.25) is 4.79 Å². The second-order valence-corrected chi connectivity index (χ2v) is 4.43. The minimum absolute atomic E-state index is 0.206. The molecule has 0 bridgehead atoms. The van der Waals surface area contributed by atoms with Gasteiger partial charge in [0.1, 0.15) is 0 Å². The molecule has 20 heavy (non-hydrogen) atoms. The molecule has 0 radical (unpaired) electrons. The SMILES string of the molecule is O=C(NCc1ccccc1)c1nnc2cccccc1-2. The third-order valence-electron chi connectivity index (χ3n) is 3.04. The fraction of sp³-hybridized carbons (Fsp3) is 0.0625. The van der Waals surface area contributed by atoms with Gasteiger partial charge in [-0.15, -0.1) is 10.2 Å². The van der Waals surface area contributed by atoms with Crippen LogP contribution in [0.25, 0.3) is 11.3 Å². The van der Waals surface area contributed by atoms with Gasteiger partial charge < -0.3 is 5.32 Å². The van der Waals surface area contributed by atoms with Crippen LogP contribution in [-0.2, 0) is 6.54 Å². The predicted molar refractivity (Wildman–Crippen MR) is 76.3 cm³/mol. The van der Waals surface area contributed by atoms with Crippen molar-refractivity contribution >= 4 is 5.91 Å². The first-order chi connectivity index (χ1) is 9.84. The first-order valence-electron chi connectivity index (χ1n) is 6.38. The minimum atomic E-state index is -0.206. The van der Waals surface area contributed by atoms with E-state index in [4.69, 9.17) is 0 Å². The Hall–Kier alpha value is -2.75. The molecule has 0 aromatic heterocycles. The summed E-state index contributed by atoms with van der Waals surface area (Å²) >= 11 is 0. The van der Waals surface area contributed by atoms with Crippen molar-refractivity contribution in [3.63, 3.8) is 0 Å². The van der Waals surface area contributed by atoms with Crippen molar-refractivity contribution in [2.45, 2.75) is 6.54 Å². The maximum Gasteiger partial charge on any atom is 0.272 e. The third-order valence-corrected chi connectivity index (χ3v) is 3.04. The molecule has 0 spiro atoms. The van der Waals surface area contributed by atoms with E-state index in [1.807, 2.05) is 60.7 Å². The number of amides is 1. The van der Waals surface area contributed by atoms with Crippen LogP contribution in [0.3, 0.4) is 0 Å². The van der Waals surface area contributed by atoms with Gasteiger partial charge in [-0.05, 0) is 11.6 Å². The third kappa shape index (κ3) is 2.49. The highest BCUT2D eigenvalue weighted by atomic mass is 16.1. The van der Waals surface area contributed by atoms with Crippen LogP contribution in [-0.4, -0.2) is 16.1 Å². The highest BCUT2D eigenvalue weighted by Gasteiger charge is 2.17. The Kier molecular flexibility index (Phi) is 3.37. The van der Waals surface area contributed by atoms with Crippen LogP contribution in [0, 0.1) is 0 Å². The Labute approximate surface area is 116 Å². The minimum Gasteiger partial charge on any atom is -0.347 e. The van der Waals surface area contributed by atoms with Crippen molar-refractivity contribution < 1.29 is 4.79 Å². The van der Waals surface area contributed by atoms with Crippen molar-refractivity contribution in [1.29, 1.82) is 0 Å². The summed E-state index contributed by atoms with van der Waals surface area (Å²) in [6.07, 6.45) is 0. The van der Waals surface area contributed by atoms with Crippen LogP contribution in [0.15, 0.2) is 60.7 Å². The van der Waals surface area contributed by atoms with Crippen LogP contribution in [0.4, 0.5) is 0 Å². The lowest BCUT2D eigenvalue weighted by atomic mass is 10.1. The summed E-state index contributed by atoms with van der Waals surface area (Å²) in [6, 6.07) is 19.1. The first-order valence-corrected chi connectivity index (χ1v) is 6.38. The standard InChI is InChI=1S/C16H13N3O/c20-16(17-11-12-7-3-1-4-8-12)15-13-9-5-2-6-10-14(13)18-19-15/h1-10H,11H2,(H,17,20). The molecule has 0 saturated carbocycles. The number of fused-ring (bicyclic) bond motifs is 1. The highest BCUT2D eigenvalue weighted by Crippen LogP contribution is 2.21. The summed E-state index contributed by atoms with van der Waals surface area (Å²) in [6.45, 7) is 0.479. The average Bonchev–Trinajstić information content (AvgIpc) is 2.75. The second-order valence-electron chi connectivity index (χ2n) is 4.43. The van der Waals surface area contributed by atoms with E-state index in [1.165, 1.54) is 0 Å². The number of rotatable bonds is 3. The topological polar surface area (TPSA) is 54.9 Å². The molecule has 1 aliphatic heterocycles. The van der Waals surface area contributed by atoms with Crippen LogP contribution in [0.2, 0.25) is 0 Å². The summed E-state index contributed by atoms with van der Waals surface area (Å²) in [5.74, 6) is -0.206. The predicted octanol–water partition coefficient (Wildman–Crippen LogP) is 2.51. The summed E-state index contributed by atoms with van der Waals surface area (Å²) in [5.41, 5.74) is 2.91. The number of aromatic nitrogens is 2. The van der Waals surface area contributed by atoms with E-state index >= 15 is 0 Å². The smallest absolute Gasteiger partial charge is 0.272 e. The molecular weight excluding hydrogens is 250 g/mol. The lowest BCUT2D eigenvalue weighted by molar-refractivity contribution is 0.0946. The van der Waals surface area contributed by atoms with Gasteiger partial charge in [0.2, 0.25) is 0 Å². The van der Waals surface area contributed by atoms with E-state index in [9.17, 15) is 4.79 Å². The quantitative estimate of drug-likeness (QED) is 0.790. The highest BCUT2D eigenvalue weighted by molar-refractivity contribution is 5.98. The molecule has 0 unspecified atom stereocenters. The molecule has 1 aliphatic carbocycles. The number of hydrogen-bond acceptors (Lipinski definition) is 3. The molecule has 1 aromatic carbocycles. The molecule has 1 amide bonds. The van der Waals surface area contributed by atoms with Gasteiger partial charge in [0.25, 0.3) is 5.91 Å². The van der Waals surface area contributed by atoms with Crippen molar-refractivity contribution in [1.82, 2.24) is 15.5 Å². The Balaban J connectivity index is 1.77. The van der Waals surface area contributed by atoms with Gasteiger partial charge in [-0.25, -0.2) is 0 Å². The molecular formula is C16H13N3O. The Morgan fingerprint density at radius 1 is 0.900 bits per heavy atom. The monoisotopic (exact) mass is 263 g/mol. The first kappa shape index (κ1) is 12.3. The van der Waals surface area contributed by atoms with Crippen LogP contribution in [0.5, 0.6) is 0 Å². The molecule has 2 aliphatic rings. The fourth-order valence-electron chi connectivity index (χ4n) is 2.01. The Bertz CT molecular complexity index is 697. The number of benzene rings is 1. The molecule has 98 valence electrons. The molecule has 4 nitrogen and oxygen atoms in total. The van der Waals surface area contributed by atoms with Crippen LogP contribution >= 0.6 is 0 Å². The van der Waals surface area contributed by atoms with Crippen molar-refractivity contribution in [3.8, 4) is 11.3 Å². The summed E-state index contributed by atoms with van der Waals surface area (Å²) in [7, 11) is 0. The van der Waals surface area contributed by atoms with Gasteiger partial charge >= 0.3 is 0 Å². The molecule has 3 rings (SSSR count). The van der Waals surface area contributed by atoms with Crippen LogP contribution < -0.4 is 5.32 Å². The molecule has 1 aromatic rings. The number of hydrogen-bond donors (Lipinski definition) is 1. The molecule has 4 heteroatoms. The number of carbonyl (C=O) groups excluding carboxylic acids is 1. The zero-order valence-electron chi connectivity index (χ0n) is 10.8. The largest absolute Gasteiger partial charge is 0.347 e. The normalized spacial score (nSPS) is 10.4. The van der Waals surface area contributed by atoms with Gasteiger partial charge in [0.05, 0.1) is 5.69 Å². The molecule has 0 atom stereocenters. The summed E-state index contributed by atoms with van der Waals surface area (Å²) in [5, 5.41) is 10.9. The second kappa shape index (κ2) is 5.48. The molecule has 0 fully saturated rings. The van der Waals surface area contributed by atoms with E-state index in [2.05, 4.69) is 15.5 Å². The fourth-order valence-corrected chi connectivity index (χ4v) is 2.01. The van der Waals surface area contributed by atoms with Gasteiger partial charge in [-0.1, -0.05) is 54.6 Å². The number of nitrogens with zero attached hydrogens (tertiary/aromatic N) is 2. The van der Waals surface area contributed by atoms with Crippen LogP contribution in [0.1, 0.15) is 16.1 Å². The van der Waals surface area contributed by atoms with Gasteiger partial charge in [-0.2, -0.15) is 0 Å². The lowest BCUT2D eigenvalue weighted by Gasteiger charge is -2.03. The maximum absolute atomic E-state index is 12.2. The van der Waals surface area contributed by atoms with Crippen molar-refractivity contribution in [3.05, 3.63) is 71.9 Å². The van der Waals surface area contributed by atoms with E-state index in [0.717, 1.165) is 16.8 Å². The van der Waals surface area contributed by atoms with Gasteiger partial charge in [0, 0.05) is 12.1 Å². The molecule has 0 saturated heterocycles.